The van der Waals surface area contributed by atoms with Gasteiger partial charge in [0, 0.05) is 12.4 Å². The van der Waals surface area contributed by atoms with Gasteiger partial charge in [0.25, 0.3) is 5.91 Å². The number of benzene rings is 1. The summed E-state index contributed by atoms with van der Waals surface area (Å²) in [6.45, 7) is 0. The van der Waals surface area contributed by atoms with Crippen molar-refractivity contribution in [3.63, 3.8) is 0 Å². The first-order chi connectivity index (χ1) is 11.4. The van der Waals surface area contributed by atoms with Gasteiger partial charge in [-0.1, -0.05) is 30.0 Å². The molecule has 24 heavy (non-hydrogen) atoms. The Morgan fingerprint density at radius 3 is 2.54 bits per heavy atom. The van der Waals surface area contributed by atoms with Crippen molar-refractivity contribution in [3.8, 4) is 0 Å². The summed E-state index contributed by atoms with van der Waals surface area (Å²) in [5.74, 6) is -0.443. The van der Waals surface area contributed by atoms with Crippen molar-refractivity contribution < 1.29 is 18.0 Å². The first-order valence-corrected chi connectivity index (χ1v) is 7.94. The number of anilines is 1. The van der Waals surface area contributed by atoms with Crippen molar-refractivity contribution in [3.05, 3.63) is 64.8 Å². The summed E-state index contributed by atoms with van der Waals surface area (Å²) in [6, 6.07) is 7.99. The largest absolute Gasteiger partial charge is 0.416 e. The summed E-state index contributed by atoms with van der Waals surface area (Å²) in [7, 11) is 0. The Hall–Kier alpha value is -2.19. The SMILES string of the molecule is O=C1/C(=C\c2ccncc2)SC(=S)N1c1cccc(C(F)(F)F)c1. The molecule has 122 valence electrons. The van der Waals surface area contributed by atoms with Crippen LogP contribution in [0.2, 0.25) is 0 Å². The molecular weight excluding hydrogens is 357 g/mol. The quantitative estimate of drug-likeness (QED) is 0.579. The molecule has 1 aliphatic heterocycles. The average molecular weight is 366 g/mol. The minimum Gasteiger partial charge on any atom is -0.268 e. The fourth-order valence-electron chi connectivity index (χ4n) is 2.12. The number of thioether (sulfide) groups is 1. The minimum atomic E-state index is -4.48. The molecule has 0 unspecified atom stereocenters. The van der Waals surface area contributed by atoms with Gasteiger partial charge in [0.1, 0.15) is 0 Å². The van der Waals surface area contributed by atoms with Gasteiger partial charge in [-0.05, 0) is 42.0 Å². The summed E-state index contributed by atoms with van der Waals surface area (Å²) in [4.78, 5) is 17.9. The number of hydrogen-bond acceptors (Lipinski definition) is 4. The van der Waals surface area contributed by atoms with E-state index in [-0.39, 0.29) is 10.0 Å². The van der Waals surface area contributed by atoms with Crippen molar-refractivity contribution in [2.45, 2.75) is 6.18 Å². The highest BCUT2D eigenvalue weighted by molar-refractivity contribution is 8.27. The normalized spacial score (nSPS) is 17.0. The van der Waals surface area contributed by atoms with Gasteiger partial charge in [0.15, 0.2) is 4.32 Å². The molecule has 1 aliphatic rings. The Kier molecular flexibility index (Phi) is 4.42. The summed E-state index contributed by atoms with van der Waals surface area (Å²) in [6.07, 6.45) is 0.316. The maximum atomic E-state index is 12.9. The van der Waals surface area contributed by atoms with Gasteiger partial charge in [0.05, 0.1) is 16.2 Å². The molecule has 0 bridgehead atoms. The smallest absolute Gasteiger partial charge is 0.268 e. The second-order valence-corrected chi connectivity index (χ2v) is 6.52. The van der Waals surface area contributed by atoms with E-state index in [9.17, 15) is 18.0 Å². The second kappa shape index (κ2) is 6.37. The van der Waals surface area contributed by atoms with Crippen LogP contribution >= 0.6 is 24.0 Å². The van der Waals surface area contributed by atoms with Crippen LogP contribution in [0.15, 0.2) is 53.7 Å². The van der Waals surface area contributed by atoms with Crippen LogP contribution in [-0.2, 0) is 11.0 Å². The van der Waals surface area contributed by atoms with E-state index in [1.54, 1.807) is 30.6 Å². The van der Waals surface area contributed by atoms with Crippen LogP contribution in [0.5, 0.6) is 0 Å². The first kappa shape index (κ1) is 16.7. The number of alkyl halides is 3. The highest BCUT2D eigenvalue weighted by Gasteiger charge is 2.35. The topological polar surface area (TPSA) is 33.2 Å². The molecule has 8 heteroatoms. The van der Waals surface area contributed by atoms with E-state index in [0.717, 1.165) is 34.4 Å². The molecule has 0 spiro atoms. The van der Waals surface area contributed by atoms with E-state index in [0.29, 0.717) is 4.91 Å². The zero-order valence-electron chi connectivity index (χ0n) is 11.9. The Labute approximate surface area is 145 Å². The van der Waals surface area contributed by atoms with Gasteiger partial charge < -0.3 is 0 Å². The first-order valence-electron chi connectivity index (χ1n) is 6.71. The highest BCUT2D eigenvalue weighted by Crippen LogP contribution is 2.38. The van der Waals surface area contributed by atoms with E-state index in [2.05, 4.69) is 4.98 Å². The third-order valence-corrected chi connectivity index (χ3v) is 4.53. The van der Waals surface area contributed by atoms with Crippen LogP contribution in [0, 0.1) is 0 Å². The van der Waals surface area contributed by atoms with Gasteiger partial charge in [-0.3, -0.25) is 14.7 Å². The lowest BCUT2D eigenvalue weighted by Crippen LogP contribution is -2.27. The molecule has 2 aromatic rings. The van der Waals surface area contributed by atoms with Crippen molar-refractivity contribution >= 4 is 46.0 Å². The lowest BCUT2D eigenvalue weighted by Gasteiger charge is -2.16. The van der Waals surface area contributed by atoms with Crippen molar-refractivity contribution in [1.82, 2.24) is 4.98 Å². The predicted octanol–water partition coefficient (Wildman–Crippen LogP) is 4.51. The number of nitrogens with zero attached hydrogens (tertiary/aromatic N) is 2. The van der Waals surface area contributed by atoms with E-state index in [1.807, 2.05) is 0 Å². The zero-order valence-corrected chi connectivity index (χ0v) is 13.6. The van der Waals surface area contributed by atoms with E-state index in [4.69, 9.17) is 12.2 Å². The molecule has 1 saturated heterocycles. The maximum absolute atomic E-state index is 12.9. The fourth-order valence-corrected chi connectivity index (χ4v) is 3.42. The van der Waals surface area contributed by atoms with E-state index in [1.165, 1.54) is 12.1 Å². The van der Waals surface area contributed by atoms with Crippen molar-refractivity contribution in [1.29, 1.82) is 0 Å². The summed E-state index contributed by atoms with van der Waals surface area (Å²) < 4.78 is 38.8. The van der Waals surface area contributed by atoms with E-state index < -0.39 is 17.6 Å². The molecule has 0 aliphatic carbocycles. The number of halogens is 3. The number of aromatic nitrogens is 1. The molecule has 1 aromatic carbocycles. The molecular formula is C16H9F3N2OS2. The van der Waals surface area contributed by atoms with E-state index >= 15 is 0 Å². The lowest BCUT2D eigenvalue weighted by molar-refractivity contribution is -0.137. The van der Waals surface area contributed by atoms with Crippen LogP contribution < -0.4 is 4.90 Å². The number of carbonyl (C=O) groups excluding carboxylic acids is 1. The van der Waals surface area contributed by atoms with Gasteiger partial charge in [0.2, 0.25) is 0 Å². The second-order valence-electron chi connectivity index (χ2n) is 4.85. The molecule has 0 radical (unpaired) electrons. The Morgan fingerprint density at radius 1 is 1.17 bits per heavy atom. The van der Waals surface area contributed by atoms with Crippen LogP contribution in [0.25, 0.3) is 6.08 Å². The standard InChI is InChI=1S/C16H9F3N2OS2/c17-16(18,19)11-2-1-3-12(9-11)21-14(22)13(24-15(21)23)8-10-4-6-20-7-5-10/h1-9H/b13-8+. The Bertz CT molecular complexity index is 835. The van der Waals surface area contributed by atoms with Crippen LogP contribution in [-0.4, -0.2) is 15.2 Å². The van der Waals surface area contributed by atoms with Gasteiger partial charge >= 0.3 is 6.18 Å². The summed E-state index contributed by atoms with van der Waals surface area (Å²) in [5.41, 5.74) is 0.0344. The predicted molar refractivity (Wildman–Crippen MR) is 91.3 cm³/mol. The lowest BCUT2D eigenvalue weighted by atomic mass is 10.2. The van der Waals surface area contributed by atoms with Gasteiger partial charge in [-0.2, -0.15) is 13.2 Å². The number of thiocarbonyl (C=S) groups is 1. The third kappa shape index (κ3) is 3.34. The molecule has 3 nitrogen and oxygen atoms in total. The third-order valence-electron chi connectivity index (χ3n) is 3.23. The minimum absolute atomic E-state index is 0.102. The Balaban J connectivity index is 1.94. The number of carbonyl (C=O) groups is 1. The van der Waals surface area contributed by atoms with Gasteiger partial charge in [-0.25, -0.2) is 0 Å². The zero-order chi connectivity index (χ0) is 17.3. The molecule has 1 fully saturated rings. The van der Waals surface area contributed by atoms with Crippen molar-refractivity contribution in [2.75, 3.05) is 4.90 Å². The molecule has 1 amide bonds. The number of rotatable bonds is 2. The van der Waals surface area contributed by atoms with Crippen LogP contribution in [0.4, 0.5) is 18.9 Å². The molecule has 2 heterocycles. The molecule has 1 aromatic heterocycles. The molecule has 0 atom stereocenters. The van der Waals surface area contributed by atoms with Crippen LogP contribution in [0.3, 0.4) is 0 Å². The number of amides is 1. The summed E-state index contributed by atoms with van der Waals surface area (Å²) in [5, 5.41) is 0. The van der Waals surface area contributed by atoms with Gasteiger partial charge in [-0.15, -0.1) is 0 Å². The van der Waals surface area contributed by atoms with Crippen molar-refractivity contribution in [2.24, 2.45) is 0 Å². The summed E-state index contributed by atoms with van der Waals surface area (Å²) >= 11 is 6.22. The maximum Gasteiger partial charge on any atom is 0.416 e. The fraction of sp³-hybridized carbons (Fsp3) is 0.0625. The molecule has 3 rings (SSSR count). The average Bonchev–Trinajstić information content (AvgIpc) is 2.82. The highest BCUT2D eigenvalue weighted by atomic mass is 32.2. The number of hydrogen-bond donors (Lipinski definition) is 0. The Morgan fingerprint density at radius 2 is 1.88 bits per heavy atom. The number of pyridine rings is 1. The van der Waals surface area contributed by atoms with Crippen LogP contribution in [0.1, 0.15) is 11.1 Å². The molecule has 0 N–H and O–H groups in total. The monoisotopic (exact) mass is 366 g/mol. The molecule has 0 saturated carbocycles.